The first kappa shape index (κ1) is 16.6. The van der Waals surface area contributed by atoms with Gasteiger partial charge in [-0.2, -0.15) is 0 Å². The fourth-order valence-electron chi connectivity index (χ4n) is 1.42. The molecule has 2 heteroatoms. The first-order chi connectivity index (χ1) is 7.53. The Morgan fingerprint density at radius 2 is 1.59 bits per heavy atom. The van der Waals surface area contributed by atoms with Crippen LogP contribution in [0.3, 0.4) is 0 Å². The fourth-order valence-corrected chi connectivity index (χ4v) is 1.42. The molecule has 0 heterocycles. The highest BCUT2D eigenvalue weighted by Crippen LogP contribution is 2.23. The number of Topliss-reactive ketones (excluding diaryl/α,β-unsaturated/α-hetero) is 1. The minimum Gasteiger partial charge on any atom is -0.376 e. The average molecular weight is 242 g/mol. The lowest BCUT2D eigenvalue weighted by Crippen LogP contribution is -2.27. The Hall–Kier alpha value is -0.370. The van der Waals surface area contributed by atoms with Crippen molar-refractivity contribution in [1.82, 2.24) is 0 Å². The van der Waals surface area contributed by atoms with Crippen LogP contribution in [0.1, 0.15) is 67.7 Å². The van der Waals surface area contributed by atoms with E-state index in [4.69, 9.17) is 4.74 Å². The predicted molar refractivity (Wildman–Crippen MR) is 73.2 cm³/mol. The lowest BCUT2D eigenvalue weighted by Gasteiger charge is -2.27. The van der Waals surface area contributed by atoms with Gasteiger partial charge in [-0.05, 0) is 32.1 Å². The topological polar surface area (TPSA) is 26.3 Å². The summed E-state index contributed by atoms with van der Waals surface area (Å²) in [6.45, 7) is 15.5. The standard InChI is InChI=1S/C15H30O2/c1-12(2)13(16)8-9-15(6,7)17-11-10-14(3,4)5/h12H,8-11H2,1-7H3. The van der Waals surface area contributed by atoms with Crippen molar-refractivity contribution in [2.45, 2.75) is 73.3 Å². The summed E-state index contributed by atoms with van der Waals surface area (Å²) in [5, 5.41) is 0. The number of carbonyl (C=O) groups is 1. The molecule has 0 saturated heterocycles. The number of ketones is 1. The molecule has 0 aliphatic heterocycles. The SMILES string of the molecule is CC(C)C(=O)CCC(C)(C)OCCC(C)(C)C. The van der Waals surface area contributed by atoms with Gasteiger partial charge in [0.25, 0.3) is 0 Å². The second kappa shape index (κ2) is 6.53. The van der Waals surface area contributed by atoms with Gasteiger partial charge < -0.3 is 4.74 Å². The maximum Gasteiger partial charge on any atom is 0.135 e. The van der Waals surface area contributed by atoms with Crippen LogP contribution in [0.5, 0.6) is 0 Å². The molecule has 0 spiro atoms. The van der Waals surface area contributed by atoms with Crippen LogP contribution in [-0.2, 0) is 9.53 Å². The van der Waals surface area contributed by atoms with E-state index < -0.39 is 0 Å². The van der Waals surface area contributed by atoms with Crippen molar-refractivity contribution in [3.05, 3.63) is 0 Å². The van der Waals surface area contributed by atoms with Crippen LogP contribution in [-0.4, -0.2) is 18.0 Å². The van der Waals surface area contributed by atoms with Crippen molar-refractivity contribution in [2.24, 2.45) is 11.3 Å². The summed E-state index contributed by atoms with van der Waals surface area (Å²) in [7, 11) is 0. The molecule has 0 aliphatic carbocycles. The van der Waals surface area contributed by atoms with E-state index in [0.717, 1.165) is 19.4 Å². The van der Waals surface area contributed by atoms with Gasteiger partial charge >= 0.3 is 0 Å². The van der Waals surface area contributed by atoms with Gasteiger partial charge in [-0.25, -0.2) is 0 Å². The summed E-state index contributed by atoms with van der Waals surface area (Å²) in [5.74, 6) is 0.470. The largest absolute Gasteiger partial charge is 0.376 e. The Bertz CT molecular complexity index is 234. The van der Waals surface area contributed by atoms with E-state index in [1.807, 2.05) is 13.8 Å². The van der Waals surface area contributed by atoms with E-state index in [9.17, 15) is 4.79 Å². The molecule has 0 N–H and O–H groups in total. The summed E-state index contributed by atoms with van der Waals surface area (Å²) < 4.78 is 5.88. The monoisotopic (exact) mass is 242 g/mol. The molecule has 0 unspecified atom stereocenters. The molecule has 0 radical (unpaired) electrons. The molecule has 0 aromatic heterocycles. The van der Waals surface area contributed by atoms with Crippen molar-refractivity contribution < 1.29 is 9.53 Å². The van der Waals surface area contributed by atoms with Gasteiger partial charge in [0, 0.05) is 18.9 Å². The quantitative estimate of drug-likeness (QED) is 0.668. The second-order valence-corrected chi connectivity index (χ2v) is 7.04. The molecular weight excluding hydrogens is 212 g/mol. The third-order valence-electron chi connectivity index (χ3n) is 2.96. The normalized spacial score (nSPS) is 13.2. The number of ether oxygens (including phenoxy) is 1. The number of hydrogen-bond donors (Lipinski definition) is 0. The number of hydrogen-bond acceptors (Lipinski definition) is 2. The van der Waals surface area contributed by atoms with Crippen molar-refractivity contribution in [1.29, 1.82) is 0 Å². The van der Waals surface area contributed by atoms with E-state index in [1.54, 1.807) is 0 Å². The van der Waals surface area contributed by atoms with Crippen LogP contribution in [0, 0.1) is 11.3 Å². The lowest BCUT2D eigenvalue weighted by molar-refractivity contribution is -0.123. The maximum atomic E-state index is 11.6. The first-order valence-corrected chi connectivity index (χ1v) is 6.70. The van der Waals surface area contributed by atoms with Gasteiger partial charge in [-0.1, -0.05) is 34.6 Å². The summed E-state index contributed by atoms with van der Waals surface area (Å²) in [6, 6.07) is 0. The molecule has 2 nitrogen and oxygen atoms in total. The van der Waals surface area contributed by atoms with Gasteiger partial charge in [-0.3, -0.25) is 4.79 Å². The van der Waals surface area contributed by atoms with Gasteiger partial charge in [-0.15, -0.1) is 0 Å². The van der Waals surface area contributed by atoms with Crippen LogP contribution < -0.4 is 0 Å². The third kappa shape index (κ3) is 9.34. The Kier molecular flexibility index (Phi) is 6.39. The van der Waals surface area contributed by atoms with Crippen LogP contribution >= 0.6 is 0 Å². The Morgan fingerprint density at radius 1 is 1.06 bits per heavy atom. The summed E-state index contributed by atoms with van der Waals surface area (Å²) in [4.78, 5) is 11.6. The molecule has 0 bridgehead atoms. The summed E-state index contributed by atoms with van der Waals surface area (Å²) in [5.41, 5.74) is 0.125. The van der Waals surface area contributed by atoms with E-state index in [-0.39, 0.29) is 11.5 Å². The first-order valence-electron chi connectivity index (χ1n) is 6.70. The van der Waals surface area contributed by atoms with E-state index in [0.29, 0.717) is 17.6 Å². The second-order valence-electron chi connectivity index (χ2n) is 7.04. The Labute approximate surface area is 107 Å². The molecule has 0 aromatic carbocycles. The van der Waals surface area contributed by atoms with Crippen molar-refractivity contribution in [2.75, 3.05) is 6.61 Å². The van der Waals surface area contributed by atoms with Gasteiger partial charge in [0.05, 0.1) is 5.60 Å². The molecule has 0 amide bonds. The number of carbonyl (C=O) groups excluding carboxylic acids is 1. The van der Waals surface area contributed by atoms with Crippen molar-refractivity contribution in [3.63, 3.8) is 0 Å². The van der Waals surface area contributed by atoms with Crippen LogP contribution in [0.15, 0.2) is 0 Å². The van der Waals surface area contributed by atoms with Gasteiger partial charge in [0.2, 0.25) is 0 Å². The van der Waals surface area contributed by atoms with Crippen molar-refractivity contribution in [3.8, 4) is 0 Å². The summed E-state index contributed by atoms with van der Waals surface area (Å²) in [6.07, 6.45) is 2.49. The van der Waals surface area contributed by atoms with Crippen molar-refractivity contribution >= 4 is 5.78 Å². The molecule has 102 valence electrons. The fraction of sp³-hybridized carbons (Fsp3) is 0.933. The molecular formula is C15H30O2. The van der Waals surface area contributed by atoms with Crippen LogP contribution in [0.2, 0.25) is 0 Å². The van der Waals surface area contributed by atoms with Crippen LogP contribution in [0.25, 0.3) is 0 Å². The maximum absolute atomic E-state index is 11.6. The zero-order valence-corrected chi connectivity index (χ0v) is 12.7. The van der Waals surface area contributed by atoms with Crippen LogP contribution in [0.4, 0.5) is 0 Å². The predicted octanol–water partition coefficient (Wildman–Crippen LogP) is 4.22. The highest BCUT2D eigenvalue weighted by molar-refractivity contribution is 5.80. The molecule has 0 fully saturated rings. The summed E-state index contributed by atoms with van der Waals surface area (Å²) >= 11 is 0. The number of rotatable bonds is 7. The zero-order chi connectivity index (χ0) is 13.7. The highest BCUT2D eigenvalue weighted by Gasteiger charge is 2.21. The highest BCUT2D eigenvalue weighted by atomic mass is 16.5. The molecule has 0 atom stereocenters. The molecule has 0 aromatic rings. The Morgan fingerprint density at radius 3 is 2.00 bits per heavy atom. The smallest absolute Gasteiger partial charge is 0.135 e. The molecule has 0 aliphatic rings. The molecule has 0 rings (SSSR count). The van der Waals surface area contributed by atoms with E-state index in [2.05, 4.69) is 34.6 Å². The third-order valence-corrected chi connectivity index (χ3v) is 2.96. The molecule has 17 heavy (non-hydrogen) atoms. The average Bonchev–Trinajstić information content (AvgIpc) is 2.11. The van der Waals surface area contributed by atoms with E-state index >= 15 is 0 Å². The Balaban J connectivity index is 3.92. The van der Waals surface area contributed by atoms with E-state index in [1.165, 1.54) is 0 Å². The lowest BCUT2D eigenvalue weighted by atomic mass is 9.92. The zero-order valence-electron chi connectivity index (χ0n) is 12.7. The minimum absolute atomic E-state index is 0.139. The van der Waals surface area contributed by atoms with Gasteiger partial charge in [0.1, 0.15) is 5.78 Å². The molecule has 0 saturated carbocycles. The van der Waals surface area contributed by atoms with Gasteiger partial charge in [0.15, 0.2) is 0 Å². The minimum atomic E-state index is -0.185.